The molecule has 2 fully saturated rings. The van der Waals surface area contributed by atoms with Crippen molar-refractivity contribution >= 4 is 17.7 Å². The van der Waals surface area contributed by atoms with Crippen molar-refractivity contribution in [1.82, 2.24) is 9.88 Å². The molecule has 0 radical (unpaired) electrons. The van der Waals surface area contributed by atoms with Gasteiger partial charge in [-0.15, -0.1) is 11.8 Å². The van der Waals surface area contributed by atoms with Gasteiger partial charge in [-0.1, -0.05) is 13.8 Å². The van der Waals surface area contributed by atoms with Crippen LogP contribution in [0.5, 0.6) is 5.88 Å². The first-order valence-corrected chi connectivity index (χ1v) is 8.65. The lowest BCUT2D eigenvalue weighted by molar-refractivity contribution is -0.137. The third-order valence-electron chi connectivity index (χ3n) is 4.07. The van der Waals surface area contributed by atoms with E-state index in [2.05, 4.69) is 18.8 Å². The molecule has 0 saturated carbocycles. The second-order valence-electron chi connectivity index (χ2n) is 6.58. The van der Waals surface area contributed by atoms with Crippen LogP contribution in [0.1, 0.15) is 26.7 Å². The summed E-state index contributed by atoms with van der Waals surface area (Å²) in [6.07, 6.45) is 2.96. The molecule has 3 heterocycles. The van der Waals surface area contributed by atoms with E-state index in [9.17, 15) is 9.18 Å². The number of pyridine rings is 1. The highest BCUT2D eigenvalue weighted by Crippen LogP contribution is 2.46. The minimum Gasteiger partial charge on any atom is -0.471 e. The van der Waals surface area contributed by atoms with Gasteiger partial charge in [0.1, 0.15) is 6.10 Å². The maximum absolute atomic E-state index is 13.6. The smallest absolute Gasteiger partial charge is 0.250 e. The molecule has 1 aromatic rings. The van der Waals surface area contributed by atoms with Crippen LogP contribution in [0.25, 0.3) is 0 Å². The van der Waals surface area contributed by atoms with E-state index < -0.39 is 5.82 Å². The van der Waals surface area contributed by atoms with Crippen molar-refractivity contribution < 1.29 is 13.9 Å². The standard InChI is InChI=1S/C16H21FN2O2S/c1-11(2)6-14(20)19-9-16(10-19)7-12(8-22-16)21-15-13(17)4-3-5-18-15/h3-5,11-12H,6-10H2,1-2H3/t12-/m1/s1. The summed E-state index contributed by atoms with van der Waals surface area (Å²) in [6.45, 7) is 5.69. The van der Waals surface area contributed by atoms with Crippen LogP contribution in [0.15, 0.2) is 18.3 Å². The number of thioether (sulfide) groups is 1. The summed E-state index contributed by atoms with van der Waals surface area (Å²) in [5.41, 5.74) is 0. The molecule has 6 heteroatoms. The van der Waals surface area contributed by atoms with Crippen molar-refractivity contribution in [2.45, 2.75) is 37.5 Å². The Bertz CT molecular complexity index is 561. The van der Waals surface area contributed by atoms with Crippen LogP contribution in [0.3, 0.4) is 0 Å². The van der Waals surface area contributed by atoms with Crippen LogP contribution in [0.2, 0.25) is 0 Å². The quantitative estimate of drug-likeness (QED) is 0.854. The molecule has 0 aromatic carbocycles. The van der Waals surface area contributed by atoms with Gasteiger partial charge in [0.05, 0.1) is 4.75 Å². The summed E-state index contributed by atoms with van der Waals surface area (Å²) >= 11 is 1.84. The Labute approximate surface area is 134 Å². The van der Waals surface area contributed by atoms with Gasteiger partial charge >= 0.3 is 0 Å². The normalized spacial score (nSPS) is 22.9. The van der Waals surface area contributed by atoms with Crippen molar-refractivity contribution in [1.29, 1.82) is 0 Å². The van der Waals surface area contributed by atoms with Gasteiger partial charge in [0.2, 0.25) is 5.91 Å². The van der Waals surface area contributed by atoms with Gasteiger partial charge in [-0.3, -0.25) is 4.79 Å². The predicted molar refractivity (Wildman–Crippen MR) is 84.5 cm³/mol. The molecule has 22 heavy (non-hydrogen) atoms. The Balaban J connectivity index is 1.52. The molecular formula is C16H21FN2O2S. The summed E-state index contributed by atoms with van der Waals surface area (Å²) in [4.78, 5) is 17.9. The molecule has 3 rings (SSSR count). The van der Waals surface area contributed by atoms with Crippen LogP contribution >= 0.6 is 11.8 Å². The van der Waals surface area contributed by atoms with E-state index >= 15 is 0 Å². The van der Waals surface area contributed by atoms with Crippen molar-refractivity contribution in [2.75, 3.05) is 18.8 Å². The van der Waals surface area contributed by atoms with Gasteiger partial charge in [-0.25, -0.2) is 9.37 Å². The number of nitrogens with zero attached hydrogens (tertiary/aromatic N) is 2. The number of halogens is 1. The number of hydrogen-bond acceptors (Lipinski definition) is 4. The molecule has 2 aliphatic heterocycles. The predicted octanol–water partition coefficient (Wildman–Crippen LogP) is 2.73. The third kappa shape index (κ3) is 3.21. The van der Waals surface area contributed by atoms with E-state index in [-0.39, 0.29) is 22.6 Å². The summed E-state index contributed by atoms with van der Waals surface area (Å²) < 4.78 is 19.4. The lowest BCUT2D eigenvalue weighted by atomic mass is 9.92. The summed E-state index contributed by atoms with van der Waals surface area (Å²) in [5.74, 6) is 1.11. The number of ether oxygens (including phenoxy) is 1. The molecule has 4 nitrogen and oxygen atoms in total. The molecular weight excluding hydrogens is 303 g/mol. The lowest BCUT2D eigenvalue weighted by Gasteiger charge is -2.47. The number of rotatable bonds is 4. The van der Waals surface area contributed by atoms with E-state index in [1.54, 1.807) is 6.07 Å². The fraction of sp³-hybridized carbons (Fsp3) is 0.625. The number of likely N-dealkylation sites (tertiary alicyclic amines) is 1. The maximum atomic E-state index is 13.6. The SMILES string of the molecule is CC(C)CC(=O)N1CC2(C[C@@H](Oc3ncccc3F)CS2)C1. The van der Waals surface area contributed by atoms with E-state index in [1.165, 1.54) is 12.3 Å². The van der Waals surface area contributed by atoms with E-state index in [4.69, 9.17) is 4.74 Å². The molecule has 0 aliphatic carbocycles. The molecule has 2 saturated heterocycles. The van der Waals surface area contributed by atoms with Crippen molar-refractivity contribution in [3.8, 4) is 5.88 Å². The van der Waals surface area contributed by atoms with Crippen molar-refractivity contribution in [3.63, 3.8) is 0 Å². The van der Waals surface area contributed by atoms with E-state index in [0.717, 1.165) is 25.3 Å². The Kier molecular flexibility index (Phi) is 4.30. The van der Waals surface area contributed by atoms with Crippen molar-refractivity contribution in [2.24, 2.45) is 5.92 Å². The van der Waals surface area contributed by atoms with E-state index in [1.807, 2.05) is 16.7 Å². The van der Waals surface area contributed by atoms with Crippen LogP contribution in [-0.4, -0.2) is 45.5 Å². The van der Waals surface area contributed by atoms with Gasteiger partial charge in [0, 0.05) is 37.9 Å². The zero-order valence-electron chi connectivity index (χ0n) is 12.9. The Morgan fingerprint density at radius 3 is 3.05 bits per heavy atom. The van der Waals surface area contributed by atoms with Crippen LogP contribution < -0.4 is 4.74 Å². The van der Waals surface area contributed by atoms with Gasteiger partial charge in [-0.2, -0.15) is 0 Å². The average Bonchev–Trinajstić information content (AvgIpc) is 2.83. The van der Waals surface area contributed by atoms with Crippen LogP contribution in [0.4, 0.5) is 4.39 Å². The van der Waals surface area contributed by atoms with Gasteiger partial charge in [0.25, 0.3) is 5.88 Å². The fourth-order valence-corrected chi connectivity index (χ4v) is 4.54. The zero-order valence-corrected chi connectivity index (χ0v) is 13.7. The molecule has 1 aromatic heterocycles. The van der Waals surface area contributed by atoms with Crippen LogP contribution in [-0.2, 0) is 4.79 Å². The largest absolute Gasteiger partial charge is 0.471 e. The molecule has 2 aliphatic rings. The third-order valence-corrected chi connectivity index (χ3v) is 5.65. The number of aromatic nitrogens is 1. The van der Waals surface area contributed by atoms with Gasteiger partial charge in [0.15, 0.2) is 5.82 Å². The maximum Gasteiger partial charge on any atom is 0.250 e. The van der Waals surface area contributed by atoms with E-state index in [0.29, 0.717) is 12.3 Å². The molecule has 0 unspecified atom stereocenters. The molecule has 1 spiro atoms. The minimum absolute atomic E-state index is 0.0308. The number of carbonyl (C=O) groups is 1. The van der Waals surface area contributed by atoms with Crippen LogP contribution in [0, 0.1) is 11.7 Å². The highest BCUT2D eigenvalue weighted by molar-refractivity contribution is 8.01. The number of hydrogen-bond donors (Lipinski definition) is 0. The molecule has 0 N–H and O–H groups in total. The Morgan fingerprint density at radius 1 is 1.59 bits per heavy atom. The average molecular weight is 324 g/mol. The first-order valence-electron chi connectivity index (χ1n) is 7.66. The second kappa shape index (κ2) is 6.07. The monoisotopic (exact) mass is 324 g/mol. The number of amides is 1. The van der Waals surface area contributed by atoms with Crippen molar-refractivity contribution in [3.05, 3.63) is 24.1 Å². The minimum atomic E-state index is -0.421. The summed E-state index contributed by atoms with van der Waals surface area (Å²) in [5, 5.41) is 0. The highest BCUT2D eigenvalue weighted by atomic mass is 32.2. The summed E-state index contributed by atoms with van der Waals surface area (Å²) in [7, 11) is 0. The molecule has 120 valence electrons. The Hall–Kier alpha value is -1.30. The molecule has 1 amide bonds. The Morgan fingerprint density at radius 2 is 2.36 bits per heavy atom. The molecule has 1 atom stereocenters. The first kappa shape index (κ1) is 15.6. The topological polar surface area (TPSA) is 42.4 Å². The zero-order chi connectivity index (χ0) is 15.7. The van der Waals surface area contributed by atoms with Gasteiger partial charge in [-0.05, 0) is 18.1 Å². The second-order valence-corrected chi connectivity index (χ2v) is 8.06. The fourth-order valence-electron chi connectivity index (χ4n) is 3.02. The molecule has 0 bridgehead atoms. The van der Waals surface area contributed by atoms with Gasteiger partial charge < -0.3 is 9.64 Å². The summed E-state index contributed by atoms with van der Waals surface area (Å²) in [6, 6.07) is 2.91. The number of carbonyl (C=O) groups excluding carboxylic acids is 1. The lowest BCUT2D eigenvalue weighted by Crippen LogP contribution is -2.61. The highest BCUT2D eigenvalue weighted by Gasteiger charge is 2.51. The first-order chi connectivity index (χ1) is 10.5.